The number of nitrogens with zero attached hydrogens (tertiary/aromatic N) is 2. The molecule has 0 N–H and O–H groups in total. The van der Waals surface area contributed by atoms with Crippen LogP contribution in [0.4, 0.5) is 0 Å². The van der Waals surface area contributed by atoms with Crippen LogP contribution in [0.1, 0.15) is 61.5 Å². The zero-order chi connectivity index (χ0) is 33.7. The van der Waals surface area contributed by atoms with Crippen LogP contribution in [0.3, 0.4) is 0 Å². The second-order valence-electron chi connectivity index (χ2n) is 14.4. The molecule has 2 unspecified atom stereocenters. The first-order valence-electron chi connectivity index (χ1n) is 17.3. The SMILES string of the molecule is COC(=O)[C@H]1C(OC(=O)C2C(c3ccccc3)C(C(=O)OC3C[C@@H]4CC[C@H]([C@H]3C(=O)OC)N4C)C2c2ccccc2)C[C@@H]2CC[C@H]1N2C. The summed E-state index contributed by atoms with van der Waals surface area (Å²) in [6.45, 7) is 0. The van der Waals surface area contributed by atoms with Crippen LogP contribution in [0.15, 0.2) is 60.7 Å². The fourth-order valence-electron chi connectivity index (χ4n) is 9.94. The zero-order valence-corrected chi connectivity index (χ0v) is 28.1. The van der Waals surface area contributed by atoms with Gasteiger partial charge in [-0.2, -0.15) is 0 Å². The number of hydrogen-bond acceptors (Lipinski definition) is 10. The highest BCUT2D eigenvalue weighted by atomic mass is 16.6. The van der Waals surface area contributed by atoms with Crippen molar-refractivity contribution < 1.29 is 38.1 Å². The Morgan fingerprint density at radius 1 is 0.542 bits per heavy atom. The van der Waals surface area contributed by atoms with Gasteiger partial charge in [0.2, 0.25) is 0 Å². The Kier molecular flexibility index (Phi) is 9.06. The minimum absolute atomic E-state index is 0.0551. The lowest BCUT2D eigenvalue weighted by atomic mass is 9.52. The third-order valence-corrected chi connectivity index (χ3v) is 12.4. The molecular weight excluding hydrogens is 612 g/mol. The molecule has 8 atom stereocenters. The van der Waals surface area contributed by atoms with Gasteiger partial charge in [0.05, 0.1) is 26.1 Å². The molecule has 0 spiro atoms. The summed E-state index contributed by atoms with van der Waals surface area (Å²) >= 11 is 0. The fraction of sp³-hybridized carbons (Fsp3) is 0.579. The summed E-state index contributed by atoms with van der Waals surface area (Å²) in [6, 6.07) is 19.5. The summed E-state index contributed by atoms with van der Waals surface area (Å²) < 4.78 is 23.2. The van der Waals surface area contributed by atoms with Gasteiger partial charge < -0.3 is 18.9 Å². The maximum Gasteiger partial charge on any atom is 0.314 e. The average molecular weight is 659 g/mol. The van der Waals surface area contributed by atoms with E-state index in [1.165, 1.54) is 14.2 Å². The summed E-state index contributed by atoms with van der Waals surface area (Å²) in [6.07, 6.45) is 3.43. The Hall–Kier alpha value is -3.76. The zero-order valence-electron chi connectivity index (χ0n) is 28.1. The van der Waals surface area contributed by atoms with Gasteiger partial charge >= 0.3 is 23.9 Å². The molecular formula is C38H46N2O8. The minimum atomic E-state index is -0.687. The van der Waals surface area contributed by atoms with E-state index in [1.54, 1.807) is 0 Å². The number of esters is 4. The van der Waals surface area contributed by atoms with Gasteiger partial charge in [0.1, 0.15) is 24.0 Å². The first-order valence-corrected chi connectivity index (χ1v) is 17.3. The van der Waals surface area contributed by atoms with Gasteiger partial charge in [-0.1, -0.05) is 60.7 Å². The van der Waals surface area contributed by atoms with E-state index in [0.717, 1.165) is 36.8 Å². The molecule has 4 saturated heterocycles. The Morgan fingerprint density at radius 2 is 0.917 bits per heavy atom. The van der Waals surface area contributed by atoms with E-state index in [9.17, 15) is 19.2 Å². The lowest BCUT2D eigenvalue weighted by Crippen LogP contribution is -2.57. The van der Waals surface area contributed by atoms with Gasteiger partial charge in [0.15, 0.2) is 0 Å². The standard InChI is InChI=1S/C38H46N2O8/c1-39-23-15-17-25(39)31(35(41)45-3)27(19-23)47-37(43)33-29(21-11-7-5-8-12-21)34(30(33)22-13-9-6-10-14-22)38(44)48-28-20-24-16-18-26(40(24)2)32(28)36(42)46-4/h5-14,23-34H,15-20H2,1-4H3/t23-,24-,25+,26+,27?,28?,29?,30?,31+,32+,33?,34?/m0/s1. The Labute approximate surface area is 282 Å². The summed E-state index contributed by atoms with van der Waals surface area (Å²) in [5, 5.41) is 0. The van der Waals surface area contributed by atoms with Crippen molar-refractivity contribution in [2.24, 2.45) is 23.7 Å². The molecule has 48 heavy (non-hydrogen) atoms. The normalized spacial score (nSPS) is 37.2. The van der Waals surface area contributed by atoms with Crippen molar-refractivity contribution in [2.75, 3.05) is 28.3 Å². The van der Waals surface area contributed by atoms with Crippen molar-refractivity contribution in [2.45, 2.75) is 86.7 Å². The number of rotatable bonds is 8. The molecule has 0 radical (unpaired) electrons. The van der Waals surface area contributed by atoms with Crippen LogP contribution in [0.2, 0.25) is 0 Å². The largest absolute Gasteiger partial charge is 0.469 e. The molecule has 0 aromatic heterocycles. The molecule has 1 aliphatic carbocycles. The maximum absolute atomic E-state index is 14.5. The third-order valence-electron chi connectivity index (χ3n) is 12.4. The summed E-state index contributed by atoms with van der Waals surface area (Å²) in [5.41, 5.74) is 1.68. The number of methoxy groups -OCH3 is 2. The van der Waals surface area contributed by atoms with Crippen molar-refractivity contribution >= 4 is 23.9 Å². The highest BCUT2D eigenvalue weighted by Gasteiger charge is 2.62. The second kappa shape index (κ2) is 13.3. The van der Waals surface area contributed by atoms with E-state index < -0.39 is 59.7 Å². The van der Waals surface area contributed by atoms with Crippen molar-refractivity contribution in [3.05, 3.63) is 71.8 Å². The number of carbonyl (C=O) groups excluding carboxylic acids is 4. The Morgan fingerprint density at radius 3 is 1.27 bits per heavy atom. The molecule has 2 aromatic rings. The molecule has 10 heteroatoms. The number of benzene rings is 2. The number of fused-ring (bicyclic) bond motifs is 4. The third kappa shape index (κ3) is 5.50. The van der Waals surface area contributed by atoms with E-state index in [1.807, 2.05) is 74.8 Å². The van der Waals surface area contributed by atoms with Crippen molar-refractivity contribution in [3.8, 4) is 0 Å². The van der Waals surface area contributed by atoms with Crippen LogP contribution in [-0.2, 0) is 38.1 Å². The molecule has 1 saturated carbocycles. The predicted molar refractivity (Wildman–Crippen MR) is 174 cm³/mol. The van der Waals surface area contributed by atoms with E-state index in [0.29, 0.717) is 12.8 Å². The van der Waals surface area contributed by atoms with Gasteiger partial charge in [-0.15, -0.1) is 0 Å². The number of hydrogen-bond donors (Lipinski definition) is 0. The van der Waals surface area contributed by atoms with Crippen LogP contribution in [0.25, 0.3) is 0 Å². The summed E-state index contributed by atoms with van der Waals surface area (Å²) in [5.74, 6) is -5.15. The van der Waals surface area contributed by atoms with Crippen LogP contribution in [0.5, 0.6) is 0 Å². The van der Waals surface area contributed by atoms with Crippen molar-refractivity contribution in [1.82, 2.24) is 9.80 Å². The lowest BCUT2D eigenvalue weighted by Gasteiger charge is -2.51. The Bertz CT molecular complexity index is 1400. The van der Waals surface area contributed by atoms with E-state index >= 15 is 0 Å². The number of carbonyl (C=O) groups is 4. The molecule has 2 aromatic carbocycles. The van der Waals surface area contributed by atoms with Crippen molar-refractivity contribution in [3.63, 3.8) is 0 Å². The first kappa shape index (κ1) is 32.8. The smallest absolute Gasteiger partial charge is 0.314 e. The Balaban J connectivity index is 1.21. The fourth-order valence-corrected chi connectivity index (χ4v) is 9.94. The molecule has 4 heterocycles. The number of ether oxygens (including phenoxy) is 4. The minimum Gasteiger partial charge on any atom is -0.469 e. The molecule has 256 valence electrons. The average Bonchev–Trinajstić information content (AvgIpc) is 3.45. The van der Waals surface area contributed by atoms with Crippen LogP contribution < -0.4 is 0 Å². The predicted octanol–water partition coefficient (Wildman–Crippen LogP) is 3.94. The highest BCUT2D eigenvalue weighted by Crippen LogP contribution is 2.59. The van der Waals surface area contributed by atoms with Crippen LogP contribution in [-0.4, -0.2) is 98.4 Å². The topological polar surface area (TPSA) is 112 Å². The summed E-state index contributed by atoms with van der Waals surface area (Å²) in [4.78, 5) is 59.6. The molecule has 10 nitrogen and oxygen atoms in total. The molecule has 5 fully saturated rings. The first-order chi connectivity index (χ1) is 23.2. The van der Waals surface area contributed by atoms with Crippen LogP contribution >= 0.6 is 0 Å². The molecule has 0 amide bonds. The molecule has 5 aliphatic rings. The lowest BCUT2D eigenvalue weighted by molar-refractivity contribution is -0.184. The van der Waals surface area contributed by atoms with E-state index in [4.69, 9.17) is 18.9 Å². The molecule has 4 aliphatic heterocycles. The second-order valence-corrected chi connectivity index (χ2v) is 14.4. The quantitative estimate of drug-likeness (QED) is 0.306. The number of piperidine rings is 2. The molecule has 7 rings (SSSR count). The van der Waals surface area contributed by atoms with Gasteiger partial charge in [0.25, 0.3) is 0 Å². The van der Waals surface area contributed by atoms with Crippen LogP contribution in [0, 0.1) is 23.7 Å². The van der Waals surface area contributed by atoms with E-state index in [-0.39, 0.29) is 36.1 Å². The van der Waals surface area contributed by atoms with Gasteiger partial charge in [-0.25, -0.2) is 0 Å². The van der Waals surface area contributed by atoms with Gasteiger partial charge in [-0.3, -0.25) is 29.0 Å². The van der Waals surface area contributed by atoms with Crippen molar-refractivity contribution in [1.29, 1.82) is 0 Å². The van der Waals surface area contributed by atoms with Gasteiger partial charge in [0, 0.05) is 48.8 Å². The van der Waals surface area contributed by atoms with E-state index in [2.05, 4.69) is 9.80 Å². The van der Waals surface area contributed by atoms with Gasteiger partial charge in [-0.05, 0) is 50.9 Å². The monoisotopic (exact) mass is 658 g/mol. The maximum atomic E-state index is 14.5. The molecule has 4 bridgehead atoms. The summed E-state index contributed by atoms with van der Waals surface area (Å²) in [7, 11) is 6.80. The highest BCUT2D eigenvalue weighted by molar-refractivity contribution is 5.86.